The lowest BCUT2D eigenvalue weighted by Crippen LogP contribution is -2.48. The largest absolute Gasteiger partial charge is 0.370 e. The number of hydrogen-bond donors (Lipinski definition) is 0. The van der Waals surface area contributed by atoms with Gasteiger partial charge in [-0.3, -0.25) is 9.78 Å². The fraction of sp³-hybridized carbons (Fsp3) is 0.486. The van der Waals surface area contributed by atoms with Crippen LogP contribution >= 0.6 is 23.2 Å². The van der Waals surface area contributed by atoms with Crippen LogP contribution < -0.4 is 0 Å². The van der Waals surface area contributed by atoms with E-state index < -0.39 is 15.6 Å². The van der Waals surface area contributed by atoms with Crippen molar-refractivity contribution in [2.24, 2.45) is 0 Å². The molecule has 2 aromatic carbocycles. The van der Waals surface area contributed by atoms with E-state index in [-0.39, 0.29) is 41.6 Å². The number of carbonyl (C=O) groups excluding carboxylic acids is 1. The lowest BCUT2D eigenvalue weighted by atomic mass is 9.85. The fourth-order valence-corrected chi connectivity index (χ4v) is 9.50. The minimum Gasteiger partial charge on any atom is -0.370 e. The molecule has 3 heterocycles. The Morgan fingerprint density at radius 3 is 2.53 bits per heavy atom. The molecule has 1 amide bonds. The van der Waals surface area contributed by atoms with Crippen LogP contribution in [0.3, 0.4) is 0 Å². The van der Waals surface area contributed by atoms with Gasteiger partial charge in [-0.15, -0.1) is 0 Å². The number of nitrogens with zero attached hydrogens (tertiary/aromatic N) is 4. The topological polar surface area (TPSA) is 92.3 Å². The number of ether oxygens (including phenoxy) is 2. The molecule has 0 spiro atoms. The summed E-state index contributed by atoms with van der Waals surface area (Å²) >= 11 is 12.5. The number of carbonyl (C=O) groups is 1. The first-order valence-corrected chi connectivity index (χ1v) is 18.6. The first kappa shape index (κ1) is 34.3. The minimum atomic E-state index is -4.00. The van der Waals surface area contributed by atoms with E-state index in [1.165, 1.54) is 35.3 Å². The van der Waals surface area contributed by atoms with E-state index in [2.05, 4.69) is 16.0 Å². The van der Waals surface area contributed by atoms with Crippen molar-refractivity contribution >= 4 is 39.1 Å². The SMILES string of the molecule is O=C(COCCN(C1CCc2ccccc21)S(=O)(=O)c1ccc(Cl)cc1Cl)N1CCC(OCCN2CCCC2)(c2cccnc2)CC1. The normalized spacial score (nSPS) is 19.7. The van der Waals surface area contributed by atoms with Crippen LogP contribution in [-0.2, 0) is 36.3 Å². The quantitative estimate of drug-likeness (QED) is 0.211. The maximum absolute atomic E-state index is 14.0. The Hall–Kier alpha value is -2.57. The molecule has 0 bridgehead atoms. The van der Waals surface area contributed by atoms with E-state index in [1.807, 2.05) is 41.4 Å². The number of hydrogen-bond acceptors (Lipinski definition) is 7. The Bertz CT molecular complexity index is 1630. The molecule has 6 rings (SSSR count). The number of fused-ring (bicyclic) bond motifs is 1. The number of halogens is 2. The van der Waals surface area contributed by atoms with Gasteiger partial charge in [-0.25, -0.2) is 8.42 Å². The third kappa shape index (κ3) is 7.85. The molecule has 2 fully saturated rings. The average Bonchev–Trinajstić information content (AvgIpc) is 3.75. The summed E-state index contributed by atoms with van der Waals surface area (Å²) in [6.45, 7) is 4.86. The molecule has 1 unspecified atom stereocenters. The number of likely N-dealkylation sites (tertiary alicyclic amines) is 2. The van der Waals surface area contributed by atoms with E-state index in [9.17, 15) is 13.2 Å². The molecule has 2 saturated heterocycles. The van der Waals surface area contributed by atoms with Crippen LogP contribution in [0.25, 0.3) is 0 Å². The summed E-state index contributed by atoms with van der Waals surface area (Å²) in [5.74, 6) is -0.122. The molecule has 252 valence electrons. The van der Waals surface area contributed by atoms with Gasteiger partial charge in [0, 0.05) is 49.2 Å². The maximum Gasteiger partial charge on any atom is 0.248 e. The second-order valence-electron chi connectivity index (χ2n) is 12.5. The van der Waals surface area contributed by atoms with Crippen LogP contribution in [0.4, 0.5) is 0 Å². The van der Waals surface area contributed by atoms with Crippen molar-refractivity contribution < 1.29 is 22.7 Å². The summed E-state index contributed by atoms with van der Waals surface area (Å²) in [6, 6.07) is 15.9. The summed E-state index contributed by atoms with van der Waals surface area (Å²) in [5.41, 5.74) is 2.66. The van der Waals surface area contributed by atoms with Crippen LogP contribution in [0.5, 0.6) is 0 Å². The van der Waals surface area contributed by atoms with Gasteiger partial charge >= 0.3 is 0 Å². The Labute approximate surface area is 287 Å². The van der Waals surface area contributed by atoms with E-state index in [1.54, 1.807) is 6.20 Å². The van der Waals surface area contributed by atoms with E-state index in [0.29, 0.717) is 44.0 Å². The summed E-state index contributed by atoms with van der Waals surface area (Å²) in [6.07, 6.45) is 8.87. The number of pyridine rings is 1. The number of benzene rings is 2. The number of aryl methyl sites for hydroxylation is 1. The van der Waals surface area contributed by atoms with Gasteiger partial charge in [0.15, 0.2) is 0 Å². The number of rotatable bonds is 13. The summed E-state index contributed by atoms with van der Waals surface area (Å²) in [7, 11) is -4.00. The van der Waals surface area contributed by atoms with Gasteiger partial charge in [0.25, 0.3) is 0 Å². The first-order chi connectivity index (χ1) is 22.8. The zero-order valence-electron chi connectivity index (χ0n) is 26.5. The third-order valence-electron chi connectivity index (χ3n) is 9.71. The molecular weight excluding hydrogens is 659 g/mol. The van der Waals surface area contributed by atoms with Gasteiger partial charge in [0.2, 0.25) is 15.9 Å². The highest BCUT2D eigenvalue weighted by Crippen LogP contribution is 2.40. The lowest BCUT2D eigenvalue weighted by Gasteiger charge is -2.42. The van der Waals surface area contributed by atoms with Crippen molar-refractivity contribution in [3.8, 4) is 0 Å². The maximum atomic E-state index is 14.0. The molecule has 9 nitrogen and oxygen atoms in total. The monoisotopic (exact) mass is 700 g/mol. The van der Waals surface area contributed by atoms with Crippen LogP contribution in [0, 0.1) is 0 Å². The highest BCUT2D eigenvalue weighted by molar-refractivity contribution is 7.89. The van der Waals surface area contributed by atoms with E-state index in [4.69, 9.17) is 32.7 Å². The van der Waals surface area contributed by atoms with Crippen LogP contribution in [0.1, 0.15) is 54.8 Å². The van der Waals surface area contributed by atoms with E-state index in [0.717, 1.165) is 42.7 Å². The smallest absolute Gasteiger partial charge is 0.248 e. The van der Waals surface area contributed by atoms with Gasteiger partial charge < -0.3 is 19.3 Å². The lowest BCUT2D eigenvalue weighted by molar-refractivity contribution is -0.144. The minimum absolute atomic E-state index is 0.00270. The second kappa shape index (κ2) is 15.3. The Balaban J connectivity index is 1.07. The van der Waals surface area contributed by atoms with Gasteiger partial charge in [0.1, 0.15) is 11.5 Å². The fourth-order valence-electron chi connectivity index (χ4n) is 7.14. The zero-order chi connectivity index (χ0) is 32.9. The Kier molecular flexibility index (Phi) is 11.2. The second-order valence-corrected chi connectivity index (χ2v) is 15.2. The Morgan fingerprint density at radius 2 is 1.79 bits per heavy atom. The third-order valence-corrected chi connectivity index (χ3v) is 12.3. The van der Waals surface area contributed by atoms with Gasteiger partial charge in [-0.1, -0.05) is 53.5 Å². The highest BCUT2D eigenvalue weighted by atomic mass is 35.5. The Morgan fingerprint density at radius 1 is 1.00 bits per heavy atom. The van der Waals surface area contributed by atoms with Crippen LogP contribution in [0.15, 0.2) is 71.9 Å². The number of amides is 1. The van der Waals surface area contributed by atoms with Gasteiger partial charge in [-0.05, 0) is 87.0 Å². The molecule has 47 heavy (non-hydrogen) atoms. The molecule has 2 aliphatic heterocycles. The number of aromatic nitrogens is 1. The van der Waals surface area contributed by atoms with Crippen molar-refractivity contribution in [2.75, 3.05) is 59.1 Å². The van der Waals surface area contributed by atoms with Crippen molar-refractivity contribution in [1.82, 2.24) is 19.1 Å². The molecular formula is C35H42Cl2N4O5S. The predicted octanol–water partition coefficient (Wildman–Crippen LogP) is 5.71. The molecule has 12 heteroatoms. The zero-order valence-corrected chi connectivity index (χ0v) is 28.9. The standard InChI is InChI=1S/C35H42Cl2N4O5S/c36-29-10-12-33(31(37)24-29)47(43,44)41(32-11-9-27-6-1-2-8-30(27)32)21-22-45-26-34(42)40-18-13-35(14-19-40,28-7-5-15-38-25-28)46-23-20-39-16-3-4-17-39/h1-2,5-8,10,12,15,24-25,32H,3-4,9,11,13-14,16-23,26H2. The molecule has 1 atom stereocenters. The van der Waals surface area contributed by atoms with Gasteiger partial charge in [-0.2, -0.15) is 4.31 Å². The van der Waals surface area contributed by atoms with Gasteiger partial charge in [0.05, 0.1) is 29.9 Å². The number of sulfonamides is 1. The molecule has 0 saturated carbocycles. The highest BCUT2D eigenvalue weighted by Gasteiger charge is 2.40. The molecule has 3 aliphatic rings. The van der Waals surface area contributed by atoms with Crippen LogP contribution in [-0.4, -0.2) is 92.5 Å². The summed E-state index contributed by atoms with van der Waals surface area (Å²) < 4.78 is 42.0. The molecule has 3 aromatic rings. The van der Waals surface area contributed by atoms with Crippen LogP contribution in [0.2, 0.25) is 10.0 Å². The predicted molar refractivity (Wildman–Crippen MR) is 182 cm³/mol. The average molecular weight is 702 g/mol. The summed E-state index contributed by atoms with van der Waals surface area (Å²) in [4.78, 5) is 21.9. The van der Waals surface area contributed by atoms with Crippen molar-refractivity contribution in [3.05, 3.63) is 93.7 Å². The summed E-state index contributed by atoms with van der Waals surface area (Å²) in [5, 5.41) is 0.426. The number of piperidine rings is 1. The molecule has 0 N–H and O–H groups in total. The van der Waals surface area contributed by atoms with Crippen molar-refractivity contribution in [2.45, 2.75) is 55.1 Å². The van der Waals surface area contributed by atoms with Crippen molar-refractivity contribution in [1.29, 1.82) is 0 Å². The van der Waals surface area contributed by atoms with E-state index >= 15 is 0 Å². The molecule has 0 radical (unpaired) electrons. The molecule has 1 aliphatic carbocycles. The van der Waals surface area contributed by atoms with Crippen molar-refractivity contribution in [3.63, 3.8) is 0 Å². The first-order valence-electron chi connectivity index (χ1n) is 16.4. The molecule has 1 aromatic heterocycles.